The zero-order valence-corrected chi connectivity index (χ0v) is 18.1. The molecule has 1 N–H and O–H groups in total. The van der Waals surface area contributed by atoms with Crippen LogP contribution in [0.2, 0.25) is 0 Å². The number of amides is 2. The topological polar surface area (TPSA) is 58.6 Å². The van der Waals surface area contributed by atoms with Crippen molar-refractivity contribution in [2.24, 2.45) is 0 Å². The van der Waals surface area contributed by atoms with Gasteiger partial charge in [0, 0.05) is 0 Å². The summed E-state index contributed by atoms with van der Waals surface area (Å²) in [6.45, 7) is 6.33. The molecule has 0 radical (unpaired) electrons. The van der Waals surface area contributed by atoms with E-state index < -0.39 is 11.8 Å². The van der Waals surface area contributed by atoms with Crippen molar-refractivity contribution in [2.75, 3.05) is 11.5 Å². The number of nitrogens with one attached hydrogen (secondary N) is 1. The van der Waals surface area contributed by atoms with Crippen LogP contribution in [0.4, 0.5) is 5.69 Å². The molecule has 1 fully saturated rings. The molecule has 28 heavy (non-hydrogen) atoms. The summed E-state index contributed by atoms with van der Waals surface area (Å²) in [5, 5.41) is 2.69. The standard InChI is InChI=1S/C21H19BrN2O3S/c1-4-27-18-9-8-14(11-16(18)22)10-15-19(25)23-21(28)24(20(15)26)17-7-5-6-12(2)13(17)3/h5-11H,4H2,1-3H3,(H,23,25,28)/b15-10+. The number of aryl methyl sites for hydroxylation is 1. The Balaban J connectivity index is 2.01. The lowest BCUT2D eigenvalue weighted by Crippen LogP contribution is -2.54. The van der Waals surface area contributed by atoms with Gasteiger partial charge in [0.05, 0.1) is 16.8 Å². The molecule has 1 saturated heterocycles. The number of ether oxygens (including phenoxy) is 1. The third-order valence-corrected chi connectivity index (χ3v) is 5.39. The molecule has 0 aliphatic carbocycles. The van der Waals surface area contributed by atoms with E-state index in [1.807, 2.05) is 39.0 Å². The van der Waals surface area contributed by atoms with Gasteiger partial charge in [-0.05, 0) is 89.9 Å². The van der Waals surface area contributed by atoms with Crippen molar-refractivity contribution in [1.82, 2.24) is 5.32 Å². The highest BCUT2D eigenvalue weighted by molar-refractivity contribution is 9.10. The van der Waals surface area contributed by atoms with E-state index >= 15 is 0 Å². The van der Waals surface area contributed by atoms with Crippen LogP contribution in [0.15, 0.2) is 46.4 Å². The average molecular weight is 459 g/mol. The Hall–Kier alpha value is -2.51. The first kappa shape index (κ1) is 20.2. The van der Waals surface area contributed by atoms with Gasteiger partial charge in [-0.25, -0.2) is 0 Å². The number of carbonyl (C=O) groups excluding carboxylic acids is 2. The van der Waals surface area contributed by atoms with E-state index in [9.17, 15) is 9.59 Å². The first-order valence-corrected chi connectivity index (χ1v) is 9.93. The van der Waals surface area contributed by atoms with Crippen molar-refractivity contribution in [3.05, 3.63) is 63.1 Å². The minimum Gasteiger partial charge on any atom is -0.493 e. The van der Waals surface area contributed by atoms with Crippen LogP contribution in [0.3, 0.4) is 0 Å². The summed E-state index contributed by atoms with van der Waals surface area (Å²) in [6.07, 6.45) is 1.55. The number of anilines is 1. The molecule has 2 aromatic carbocycles. The van der Waals surface area contributed by atoms with E-state index in [2.05, 4.69) is 21.2 Å². The lowest BCUT2D eigenvalue weighted by Gasteiger charge is -2.30. The highest BCUT2D eigenvalue weighted by atomic mass is 79.9. The molecule has 0 saturated carbocycles. The highest BCUT2D eigenvalue weighted by Crippen LogP contribution is 2.29. The van der Waals surface area contributed by atoms with Crippen molar-refractivity contribution in [1.29, 1.82) is 0 Å². The maximum Gasteiger partial charge on any atom is 0.270 e. The van der Waals surface area contributed by atoms with Crippen LogP contribution in [0.5, 0.6) is 5.75 Å². The largest absolute Gasteiger partial charge is 0.493 e. The van der Waals surface area contributed by atoms with Crippen molar-refractivity contribution < 1.29 is 14.3 Å². The number of nitrogens with zero attached hydrogens (tertiary/aromatic N) is 1. The van der Waals surface area contributed by atoms with Crippen LogP contribution in [0.25, 0.3) is 6.08 Å². The third-order valence-electron chi connectivity index (χ3n) is 4.49. The van der Waals surface area contributed by atoms with Gasteiger partial charge in [-0.1, -0.05) is 18.2 Å². The van der Waals surface area contributed by atoms with Crippen LogP contribution in [0.1, 0.15) is 23.6 Å². The molecule has 0 spiro atoms. The molecule has 2 aromatic rings. The Morgan fingerprint density at radius 1 is 1.21 bits per heavy atom. The number of carbonyl (C=O) groups is 2. The monoisotopic (exact) mass is 458 g/mol. The second-order valence-corrected chi connectivity index (χ2v) is 7.54. The third kappa shape index (κ3) is 3.86. The summed E-state index contributed by atoms with van der Waals surface area (Å²) < 4.78 is 6.24. The predicted octanol–water partition coefficient (Wildman–Crippen LogP) is 4.30. The summed E-state index contributed by atoms with van der Waals surface area (Å²) in [6, 6.07) is 11.0. The van der Waals surface area contributed by atoms with Gasteiger partial charge in [0.15, 0.2) is 5.11 Å². The Morgan fingerprint density at radius 3 is 2.64 bits per heavy atom. The van der Waals surface area contributed by atoms with Crippen LogP contribution in [-0.2, 0) is 9.59 Å². The molecule has 2 amide bonds. The second-order valence-electron chi connectivity index (χ2n) is 6.30. The van der Waals surface area contributed by atoms with Gasteiger partial charge in [-0.3, -0.25) is 19.8 Å². The van der Waals surface area contributed by atoms with Crippen LogP contribution in [-0.4, -0.2) is 23.5 Å². The Morgan fingerprint density at radius 2 is 1.96 bits per heavy atom. The maximum absolute atomic E-state index is 13.1. The van der Waals surface area contributed by atoms with E-state index in [4.69, 9.17) is 17.0 Å². The Labute approximate surface area is 177 Å². The van der Waals surface area contributed by atoms with E-state index in [1.165, 1.54) is 4.90 Å². The van der Waals surface area contributed by atoms with Crippen LogP contribution in [0, 0.1) is 13.8 Å². The zero-order chi connectivity index (χ0) is 20.4. The van der Waals surface area contributed by atoms with Gasteiger partial charge in [0.2, 0.25) is 0 Å². The van der Waals surface area contributed by atoms with Gasteiger partial charge >= 0.3 is 0 Å². The van der Waals surface area contributed by atoms with Crippen LogP contribution >= 0.6 is 28.1 Å². The summed E-state index contributed by atoms with van der Waals surface area (Å²) in [5.74, 6) is -0.267. The normalized spacial score (nSPS) is 15.8. The molecule has 5 nitrogen and oxygen atoms in total. The molecule has 0 atom stereocenters. The van der Waals surface area contributed by atoms with Gasteiger partial charge < -0.3 is 4.74 Å². The molecule has 0 bridgehead atoms. The van der Waals surface area contributed by atoms with E-state index in [0.29, 0.717) is 23.6 Å². The average Bonchev–Trinajstić information content (AvgIpc) is 2.64. The number of thiocarbonyl (C=S) groups is 1. The quantitative estimate of drug-likeness (QED) is 0.421. The molecular weight excluding hydrogens is 440 g/mol. The summed E-state index contributed by atoms with van der Waals surface area (Å²) in [7, 11) is 0. The smallest absolute Gasteiger partial charge is 0.270 e. The lowest BCUT2D eigenvalue weighted by atomic mass is 10.0. The molecule has 1 aliphatic rings. The Bertz CT molecular complexity index is 1020. The Kier molecular flexibility index (Phi) is 5.96. The van der Waals surface area contributed by atoms with Crippen molar-refractivity contribution in [2.45, 2.75) is 20.8 Å². The molecule has 3 rings (SSSR count). The summed E-state index contributed by atoms with van der Waals surface area (Å²) in [4.78, 5) is 27.0. The summed E-state index contributed by atoms with van der Waals surface area (Å²) in [5.41, 5.74) is 3.34. The minimum atomic E-state index is -0.512. The molecule has 1 aliphatic heterocycles. The number of hydrogen-bond donors (Lipinski definition) is 1. The molecule has 7 heteroatoms. The van der Waals surface area contributed by atoms with Crippen molar-refractivity contribution >= 4 is 56.8 Å². The number of rotatable bonds is 4. The second kappa shape index (κ2) is 8.24. The van der Waals surface area contributed by atoms with Gasteiger partial charge in [-0.2, -0.15) is 0 Å². The maximum atomic E-state index is 13.1. The van der Waals surface area contributed by atoms with Gasteiger partial charge in [0.1, 0.15) is 11.3 Å². The fourth-order valence-corrected chi connectivity index (χ4v) is 3.69. The molecule has 1 heterocycles. The minimum absolute atomic E-state index is 0.0190. The zero-order valence-electron chi connectivity index (χ0n) is 15.7. The van der Waals surface area contributed by atoms with E-state index in [-0.39, 0.29) is 10.7 Å². The fourth-order valence-electron chi connectivity index (χ4n) is 2.90. The number of benzene rings is 2. The summed E-state index contributed by atoms with van der Waals surface area (Å²) >= 11 is 8.72. The van der Waals surface area contributed by atoms with Crippen molar-refractivity contribution in [3.63, 3.8) is 0 Å². The van der Waals surface area contributed by atoms with Gasteiger partial charge in [0.25, 0.3) is 11.8 Å². The SMILES string of the molecule is CCOc1ccc(/C=C2\C(=O)NC(=S)N(c3cccc(C)c3C)C2=O)cc1Br. The van der Waals surface area contributed by atoms with E-state index in [1.54, 1.807) is 24.3 Å². The molecule has 0 aromatic heterocycles. The fraction of sp³-hybridized carbons (Fsp3) is 0.190. The first-order valence-electron chi connectivity index (χ1n) is 8.73. The molecular formula is C21H19BrN2O3S. The highest BCUT2D eigenvalue weighted by Gasteiger charge is 2.35. The molecule has 144 valence electrons. The lowest BCUT2D eigenvalue weighted by molar-refractivity contribution is -0.122. The van der Waals surface area contributed by atoms with Crippen LogP contribution < -0.4 is 15.0 Å². The van der Waals surface area contributed by atoms with Crippen molar-refractivity contribution in [3.8, 4) is 5.75 Å². The molecule has 0 unspecified atom stereocenters. The number of hydrogen-bond acceptors (Lipinski definition) is 4. The van der Waals surface area contributed by atoms with E-state index in [0.717, 1.165) is 15.6 Å². The number of halogens is 1. The first-order chi connectivity index (χ1) is 13.3. The predicted molar refractivity (Wildman–Crippen MR) is 117 cm³/mol. The van der Waals surface area contributed by atoms with Gasteiger partial charge in [-0.15, -0.1) is 0 Å².